The Bertz CT molecular complexity index is 525. The third kappa shape index (κ3) is 2.40. The van der Waals surface area contributed by atoms with Crippen molar-refractivity contribution < 1.29 is 9.90 Å². The molecule has 6 heteroatoms. The number of hydrogen-bond donors (Lipinski definition) is 1. The molecular weight excluding hydrogens is 244 g/mol. The molecule has 1 heterocycles. The van der Waals surface area contributed by atoms with Gasteiger partial charge in [-0.05, 0) is 30.6 Å². The number of aromatic carboxylic acids is 1. The summed E-state index contributed by atoms with van der Waals surface area (Å²) in [6.07, 6.45) is 0. The lowest BCUT2D eigenvalue weighted by Crippen LogP contribution is -1.97. The van der Waals surface area contributed by atoms with Gasteiger partial charge in [0.2, 0.25) is 0 Å². The Hall–Kier alpha value is -1.40. The van der Waals surface area contributed by atoms with Crippen molar-refractivity contribution in [3.63, 3.8) is 0 Å². The molecule has 82 valence electrons. The summed E-state index contributed by atoms with van der Waals surface area (Å²) < 4.78 is 4.26. The number of carbonyl (C=O) groups is 1. The molecule has 4 nitrogen and oxygen atoms in total. The maximum absolute atomic E-state index is 10.8. The summed E-state index contributed by atoms with van der Waals surface area (Å²) in [7, 11) is 0. The van der Waals surface area contributed by atoms with Crippen molar-refractivity contribution in [3.05, 3.63) is 35.5 Å². The Balaban J connectivity index is 2.27. The lowest BCUT2D eigenvalue weighted by atomic mass is 10.2. The van der Waals surface area contributed by atoms with Gasteiger partial charge in [-0.2, -0.15) is 0 Å². The van der Waals surface area contributed by atoms with Crippen LogP contribution in [-0.2, 0) is 0 Å². The molecule has 0 saturated carbocycles. The van der Waals surface area contributed by atoms with Gasteiger partial charge < -0.3 is 5.11 Å². The minimum atomic E-state index is -1.04. The normalized spacial score (nSPS) is 10.3. The van der Waals surface area contributed by atoms with E-state index in [0.29, 0.717) is 4.21 Å². The molecule has 2 rings (SSSR count). The molecule has 0 spiro atoms. The van der Waals surface area contributed by atoms with Crippen molar-refractivity contribution >= 4 is 29.3 Å². The number of rotatable bonds is 3. The van der Waals surface area contributed by atoms with E-state index >= 15 is 0 Å². The molecule has 0 saturated heterocycles. The highest BCUT2D eigenvalue weighted by Crippen LogP contribution is 2.32. The first-order chi connectivity index (χ1) is 7.66. The molecule has 0 unspecified atom stereocenters. The number of aryl methyl sites for hydroxylation is 1. The van der Waals surface area contributed by atoms with Gasteiger partial charge in [0.15, 0.2) is 5.69 Å². The summed E-state index contributed by atoms with van der Waals surface area (Å²) in [6.45, 7) is 1.99. The average Bonchev–Trinajstić information content (AvgIpc) is 2.66. The van der Waals surface area contributed by atoms with Gasteiger partial charge in [-0.3, -0.25) is 0 Å². The fourth-order valence-corrected chi connectivity index (χ4v) is 2.94. The third-order valence-corrected chi connectivity index (χ3v) is 3.73. The van der Waals surface area contributed by atoms with Crippen LogP contribution in [0.25, 0.3) is 0 Å². The number of carboxylic acids is 1. The first-order valence-electron chi connectivity index (χ1n) is 4.47. The molecule has 0 atom stereocenters. The van der Waals surface area contributed by atoms with Crippen molar-refractivity contribution in [1.29, 1.82) is 0 Å². The molecule has 1 aromatic heterocycles. The number of benzene rings is 1. The maximum atomic E-state index is 10.8. The van der Waals surface area contributed by atoms with Crippen LogP contribution < -0.4 is 0 Å². The number of hydrogen-bond acceptors (Lipinski definition) is 5. The van der Waals surface area contributed by atoms with Crippen LogP contribution in [0.3, 0.4) is 0 Å². The summed E-state index contributed by atoms with van der Waals surface area (Å²) in [5.74, 6) is -1.04. The molecule has 0 aliphatic rings. The van der Waals surface area contributed by atoms with Crippen LogP contribution >= 0.6 is 23.3 Å². The Morgan fingerprint density at radius 1 is 1.50 bits per heavy atom. The van der Waals surface area contributed by atoms with Crippen molar-refractivity contribution in [3.8, 4) is 0 Å². The Morgan fingerprint density at radius 2 is 2.31 bits per heavy atom. The summed E-state index contributed by atoms with van der Waals surface area (Å²) >= 11 is 2.48. The van der Waals surface area contributed by atoms with Gasteiger partial charge >= 0.3 is 5.97 Å². The van der Waals surface area contributed by atoms with Crippen LogP contribution in [0.1, 0.15) is 16.1 Å². The van der Waals surface area contributed by atoms with Gasteiger partial charge in [-0.1, -0.05) is 33.9 Å². The topological polar surface area (TPSA) is 63.1 Å². The van der Waals surface area contributed by atoms with Crippen LogP contribution in [0.2, 0.25) is 0 Å². The highest BCUT2D eigenvalue weighted by molar-refractivity contribution is 8.01. The second kappa shape index (κ2) is 4.63. The SMILES string of the molecule is Cc1cccc(Sc2snnc2C(=O)O)c1. The zero-order valence-electron chi connectivity index (χ0n) is 8.38. The second-order valence-corrected chi connectivity index (χ2v) is 5.23. The Labute approximate surface area is 100 Å². The standard InChI is InChI=1S/C10H8N2O2S2/c1-6-3-2-4-7(5-6)15-10-8(9(13)14)11-12-16-10/h2-5H,1H3,(H,13,14). The zero-order chi connectivity index (χ0) is 11.5. The van der Waals surface area contributed by atoms with Crippen LogP contribution in [0.5, 0.6) is 0 Å². The van der Waals surface area contributed by atoms with Gasteiger partial charge in [0.25, 0.3) is 0 Å². The van der Waals surface area contributed by atoms with Gasteiger partial charge in [0, 0.05) is 4.90 Å². The summed E-state index contributed by atoms with van der Waals surface area (Å²) in [6, 6.07) is 7.86. The molecule has 0 bridgehead atoms. The molecule has 0 aliphatic heterocycles. The van der Waals surface area contributed by atoms with Crippen molar-refractivity contribution in [1.82, 2.24) is 9.59 Å². The van der Waals surface area contributed by atoms with E-state index in [4.69, 9.17) is 5.11 Å². The average molecular weight is 252 g/mol. The lowest BCUT2D eigenvalue weighted by molar-refractivity contribution is 0.0687. The highest BCUT2D eigenvalue weighted by Gasteiger charge is 2.16. The summed E-state index contributed by atoms with van der Waals surface area (Å²) in [4.78, 5) is 11.8. The minimum Gasteiger partial charge on any atom is -0.476 e. The monoisotopic (exact) mass is 252 g/mol. The first kappa shape index (κ1) is 11.1. The van der Waals surface area contributed by atoms with E-state index in [1.165, 1.54) is 11.8 Å². The van der Waals surface area contributed by atoms with Crippen LogP contribution in [0, 0.1) is 6.92 Å². The summed E-state index contributed by atoms with van der Waals surface area (Å²) in [5, 5.41) is 12.5. The van der Waals surface area contributed by atoms with Crippen LogP contribution in [0.15, 0.2) is 33.4 Å². The fraction of sp³-hybridized carbons (Fsp3) is 0.100. The van der Waals surface area contributed by atoms with Gasteiger partial charge in [0.1, 0.15) is 4.21 Å². The van der Waals surface area contributed by atoms with Gasteiger partial charge in [0.05, 0.1) is 0 Å². The van der Waals surface area contributed by atoms with E-state index in [-0.39, 0.29) is 5.69 Å². The van der Waals surface area contributed by atoms with Crippen molar-refractivity contribution in [2.75, 3.05) is 0 Å². The molecule has 0 amide bonds. The molecule has 16 heavy (non-hydrogen) atoms. The molecule has 0 aliphatic carbocycles. The van der Waals surface area contributed by atoms with Crippen LogP contribution in [0.4, 0.5) is 0 Å². The molecule has 1 N–H and O–H groups in total. The predicted molar refractivity (Wildman–Crippen MR) is 62.2 cm³/mol. The Morgan fingerprint density at radius 3 is 3.00 bits per heavy atom. The predicted octanol–water partition coefficient (Wildman–Crippen LogP) is 2.70. The number of nitrogens with zero attached hydrogens (tertiary/aromatic N) is 2. The van der Waals surface area contributed by atoms with E-state index in [9.17, 15) is 4.79 Å². The molecule has 0 radical (unpaired) electrons. The first-order valence-corrected chi connectivity index (χ1v) is 6.06. The van der Waals surface area contributed by atoms with E-state index in [2.05, 4.69) is 9.59 Å². The van der Waals surface area contributed by atoms with E-state index in [0.717, 1.165) is 22.0 Å². The van der Waals surface area contributed by atoms with E-state index < -0.39 is 5.97 Å². The van der Waals surface area contributed by atoms with E-state index in [1.807, 2.05) is 31.2 Å². The van der Waals surface area contributed by atoms with Gasteiger partial charge in [-0.15, -0.1) is 5.10 Å². The second-order valence-electron chi connectivity index (χ2n) is 3.13. The summed E-state index contributed by atoms with van der Waals surface area (Å²) in [5.41, 5.74) is 1.16. The molecule has 0 fully saturated rings. The molecule has 1 aromatic carbocycles. The smallest absolute Gasteiger partial charge is 0.358 e. The third-order valence-electron chi connectivity index (χ3n) is 1.86. The maximum Gasteiger partial charge on any atom is 0.358 e. The number of aromatic nitrogens is 2. The lowest BCUT2D eigenvalue weighted by Gasteiger charge is -1.99. The highest BCUT2D eigenvalue weighted by atomic mass is 32.2. The van der Waals surface area contributed by atoms with Crippen LogP contribution in [-0.4, -0.2) is 20.7 Å². The quantitative estimate of drug-likeness (QED) is 0.910. The zero-order valence-corrected chi connectivity index (χ0v) is 10.0. The molecule has 2 aromatic rings. The van der Waals surface area contributed by atoms with Gasteiger partial charge in [-0.25, -0.2) is 4.79 Å². The van der Waals surface area contributed by atoms with Crippen molar-refractivity contribution in [2.45, 2.75) is 16.0 Å². The van der Waals surface area contributed by atoms with E-state index in [1.54, 1.807) is 0 Å². The number of carboxylic acid groups (broad SMARTS) is 1. The molecular formula is C10H8N2O2S2. The largest absolute Gasteiger partial charge is 0.476 e. The fourth-order valence-electron chi connectivity index (χ4n) is 1.17. The van der Waals surface area contributed by atoms with Crippen molar-refractivity contribution in [2.24, 2.45) is 0 Å². The Kier molecular flexibility index (Phi) is 3.21. The minimum absolute atomic E-state index is 0.0245.